The maximum atomic E-state index is 13.0. The maximum absolute atomic E-state index is 13.0. The molecule has 0 radical (unpaired) electrons. The van der Waals surface area contributed by atoms with E-state index in [1.54, 1.807) is 0 Å². The number of benzene rings is 2. The van der Waals surface area contributed by atoms with Gasteiger partial charge >= 0.3 is 0 Å². The van der Waals surface area contributed by atoms with Crippen LogP contribution in [0.15, 0.2) is 48.5 Å². The van der Waals surface area contributed by atoms with Crippen molar-refractivity contribution in [2.24, 2.45) is 5.92 Å². The van der Waals surface area contributed by atoms with Crippen molar-refractivity contribution in [2.45, 2.75) is 53.5 Å². The van der Waals surface area contributed by atoms with Gasteiger partial charge in [0.2, 0.25) is 0 Å². The highest BCUT2D eigenvalue weighted by Gasteiger charge is 2.18. The van der Waals surface area contributed by atoms with Crippen LogP contribution >= 0.6 is 0 Å². The Kier molecular flexibility index (Phi) is 5.29. The van der Waals surface area contributed by atoms with Crippen molar-refractivity contribution < 1.29 is 4.79 Å². The molecule has 160 valence electrons. The summed E-state index contributed by atoms with van der Waals surface area (Å²) in [6.45, 7) is 13.6. The van der Waals surface area contributed by atoms with Gasteiger partial charge < -0.3 is 5.32 Å². The molecule has 0 bridgehead atoms. The molecule has 0 saturated carbocycles. The number of nitrogens with zero attached hydrogens (tertiary/aromatic N) is 3. The van der Waals surface area contributed by atoms with Gasteiger partial charge in [0, 0.05) is 17.5 Å². The number of fused-ring (bicyclic) bond motifs is 2. The van der Waals surface area contributed by atoms with Crippen molar-refractivity contribution in [2.75, 3.05) is 5.32 Å². The molecular formula is C26H30N4O. The summed E-state index contributed by atoms with van der Waals surface area (Å²) in [7, 11) is 0. The van der Waals surface area contributed by atoms with Gasteiger partial charge in [0.1, 0.15) is 0 Å². The van der Waals surface area contributed by atoms with Gasteiger partial charge in [0.25, 0.3) is 5.91 Å². The highest BCUT2D eigenvalue weighted by molar-refractivity contribution is 6.08. The first kappa shape index (κ1) is 21.0. The fraction of sp³-hybridized carbons (Fsp3) is 0.346. The summed E-state index contributed by atoms with van der Waals surface area (Å²) in [5.41, 5.74) is 4.76. The van der Waals surface area contributed by atoms with Crippen LogP contribution in [0.5, 0.6) is 0 Å². The van der Waals surface area contributed by atoms with E-state index in [-0.39, 0.29) is 11.3 Å². The second kappa shape index (κ2) is 7.80. The summed E-state index contributed by atoms with van der Waals surface area (Å²) >= 11 is 0. The van der Waals surface area contributed by atoms with Crippen LogP contribution < -0.4 is 5.32 Å². The minimum atomic E-state index is -0.166. The molecule has 0 fully saturated rings. The Bertz CT molecular complexity index is 1260. The molecule has 2 heterocycles. The minimum absolute atomic E-state index is 0.0475. The molecule has 5 nitrogen and oxygen atoms in total. The van der Waals surface area contributed by atoms with Crippen LogP contribution in [0.2, 0.25) is 0 Å². The van der Waals surface area contributed by atoms with E-state index in [9.17, 15) is 4.79 Å². The van der Waals surface area contributed by atoms with Crippen molar-refractivity contribution in [3.05, 3.63) is 65.2 Å². The van der Waals surface area contributed by atoms with Crippen LogP contribution in [0.4, 0.5) is 5.82 Å². The first-order valence-electron chi connectivity index (χ1n) is 10.8. The lowest BCUT2D eigenvalue weighted by Crippen LogP contribution is -2.15. The van der Waals surface area contributed by atoms with Crippen LogP contribution in [0.3, 0.4) is 0 Å². The van der Waals surface area contributed by atoms with Crippen LogP contribution in [0.25, 0.3) is 21.9 Å². The molecule has 4 aromatic rings. The monoisotopic (exact) mass is 414 g/mol. The third-order valence-corrected chi connectivity index (χ3v) is 5.46. The molecule has 4 rings (SSSR count). The number of aromatic nitrogens is 3. The molecule has 5 heteroatoms. The van der Waals surface area contributed by atoms with Crippen LogP contribution in [0, 0.1) is 12.8 Å². The predicted molar refractivity (Wildman–Crippen MR) is 128 cm³/mol. The number of aryl methyl sites for hydroxylation is 1. The Balaban J connectivity index is 1.74. The number of nitrogens with one attached hydrogen (secondary N) is 1. The average Bonchev–Trinajstić information content (AvgIpc) is 3.01. The summed E-state index contributed by atoms with van der Waals surface area (Å²) < 4.78 is 1.90. The maximum Gasteiger partial charge on any atom is 0.256 e. The summed E-state index contributed by atoms with van der Waals surface area (Å²) in [5.74, 6) is 0.794. The van der Waals surface area contributed by atoms with Crippen LogP contribution in [-0.2, 0) is 12.0 Å². The normalized spacial score (nSPS) is 12.1. The van der Waals surface area contributed by atoms with E-state index in [1.165, 1.54) is 11.1 Å². The van der Waals surface area contributed by atoms with Gasteiger partial charge in [-0.1, -0.05) is 58.9 Å². The van der Waals surface area contributed by atoms with E-state index >= 15 is 0 Å². The molecule has 0 spiro atoms. The summed E-state index contributed by atoms with van der Waals surface area (Å²) in [6, 6.07) is 16.1. The molecule has 1 amide bonds. The van der Waals surface area contributed by atoms with E-state index in [0.717, 1.165) is 28.5 Å². The Morgan fingerprint density at radius 1 is 1.06 bits per heavy atom. The molecule has 31 heavy (non-hydrogen) atoms. The van der Waals surface area contributed by atoms with E-state index in [0.29, 0.717) is 17.3 Å². The molecule has 2 aromatic heterocycles. The minimum Gasteiger partial charge on any atom is -0.305 e. The zero-order valence-electron chi connectivity index (χ0n) is 19.2. The number of carbonyl (C=O) groups is 1. The largest absolute Gasteiger partial charge is 0.305 e. The zero-order valence-corrected chi connectivity index (χ0v) is 19.2. The van der Waals surface area contributed by atoms with Gasteiger partial charge in [0.15, 0.2) is 11.5 Å². The second-order valence-electron chi connectivity index (χ2n) is 9.76. The second-order valence-corrected chi connectivity index (χ2v) is 9.76. The van der Waals surface area contributed by atoms with E-state index in [2.05, 4.69) is 71.1 Å². The zero-order chi connectivity index (χ0) is 22.3. The summed E-state index contributed by atoms with van der Waals surface area (Å²) in [5, 5.41) is 9.63. The highest BCUT2D eigenvalue weighted by atomic mass is 16.1. The smallest absolute Gasteiger partial charge is 0.256 e. The topological polar surface area (TPSA) is 59.8 Å². The fourth-order valence-electron chi connectivity index (χ4n) is 3.73. The Labute approximate surface area is 183 Å². The van der Waals surface area contributed by atoms with Crippen LogP contribution in [0.1, 0.15) is 56.1 Å². The first-order chi connectivity index (χ1) is 14.6. The van der Waals surface area contributed by atoms with Gasteiger partial charge in [-0.2, -0.15) is 5.10 Å². The quantitative estimate of drug-likeness (QED) is 0.439. The lowest BCUT2D eigenvalue weighted by molar-refractivity contribution is 0.102. The lowest BCUT2D eigenvalue weighted by atomic mass is 9.87. The molecular weight excluding hydrogens is 384 g/mol. The van der Waals surface area contributed by atoms with Crippen molar-refractivity contribution >= 4 is 33.7 Å². The van der Waals surface area contributed by atoms with Gasteiger partial charge in [0.05, 0.1) is 10.9 Å². The van der Waals surface area contributed by atoms with Crippen molar-refractivity contribution in [3.8, 4) is 0 Å². The lowest BCUT2D eigenvalue weighted by Gasteiger charge is -2.19. The molecule has 2 aromatic carbocycles. The van der Waals surface area contributed by atoms with Gasteiger partial charge in [-0.25, -0.2) is 9.67 Å². The van der Waals surface area contributed by atoms with E-state index in [4.69, 9.17) is 10.1 Å². The summed E-state index contributed by atoms with van der Waals surface area (Å²) in [4.78, 5) is 17.9. The average molecular weight is 415 g/mol. The molecule has 0 aliphatic rings. The first-order valence-corrected chi connectivity index (χ1v) is 10.8. The number of anilines is 1. The predicted octanol–water partition coefficient (Wildman–Crippen LogP) is 6.10. The number of rotatable bonds is 4. The molecule has 0 atom stereocenters. The van der Waals surface area contributed by atoms with Crippen molar-refractivity contribution in [3.63, 3.8) is 0 Å². The standard InChI is InChI=1S/C26H30N4O/c1-16(2)15-30-24-21(14-19-8-7-17(3)13-22(19)27-24)23(29-30)28-25(31)18-9-11-20(12-10-18)26(4,5)6/h7-14,16H,15H2,1-6H3,(H,28,29,31). The SMILES string of the molecule is Cc1ccc2cc3c(NC(=O)c4ccc(C(C)(C)C)cc4)nn(CC(C)C)c3nc2c1. The Morgan fingerprint density at radius 2 is 1.77 bits per heavy atom. The highest BCUT2D eigenvalue weighted by Crippen LogP contribution is 2.28. The summed E-state index contributed by atoms with van der Waals surface area (Å²) in [6.07, 6.45) is 0. The number of hydrogen-bond donors (Lipinski definition) is 1. The van der Waals surface area contributed by atoms with Gasteiger partial charge in [-0.05, 0) is 53.6 Å². The number of carbonyl (C=O) groups excluding carboxylic acids is 1. The van der Waals surface area contributed by atoms with Crippen molar-refractivity contribution in [1.29, 1.82) is 0 Å². The molecule has 1 N–H and O–H groups in total. The third-order valence-electron chi connectivity index (χ3n) is 5.46. The van der Waals surface area contributed by atoms with E-state index < -0.39 is 0 Å². The molecule has 0 aliphatic heterocycles. The van der Waals surface area contributed by atoms with Gasteiger partial charge in [-0.15, -0.1) is 0 Å². The molecule has 0 aliphatic carbocycles. The van der Waals surface area contributed by atoms with Crippen molar-refractivity contribution in [1.82, 2.24) is 14.8 Å². The fourth-order valence-corrected chi connectivity index (χ4v) is 3.73. The third kappa shape index (κ3) is 4.31. The van der Waals surface area contributed by atoms with Gasteiger partial charge in [-0.3, -0.25) is 4.79 Å². The number of amides is 1. The number of pyridine rings is 1. The van der Waals surface area contributed by atoms with Crippen LogP contribution in [-0.4, -0.2) is 20.7 Å². The number of hydrogen-bond acceptors (Lipinski definition) is 3. The van der Waals surface area contributed by atoms with E-state index in [1.807, 2.05) is 28.9 Å². The molecule has 0 unspecified atom stereocenters. The Morgan fingerprint density at radius 3 is 2.42 bits per heavy atom. The molecule has 0 saturated heterocycles. The Hall–Kier alpha value is -3.21.